The van der Waals surface area contributed by atoms with Crippen LogP contribution in [-0.4, -0.2) is 25.7 Å². The third kappa shape index (κ3) is 3.29. The van der Waals surface area contributed by atoms with Gasteiger partial charge in [-0.25, -0.2) is 0 Å². The summed E-state index contributed by atoms with van der Waals surface area (Å²) in [6.45, 7) is 0.879. The molecule has 146 valence electrons. The van der Waals surface area contributed by atoms with Crippen LogP contribution in [-0.2, 0) is 19.4 Å². The molecule has 6 nitrogen and oxygen atoms in total. The van der Waals surface area contributed by atoms with E-state index in [1.54, 1.807) is 12.1 Å². The Bertz CT molecular complexity index is 1190. The fraction of sp³-hybridized carbons (Fsp3) is 0.227. The van der Waals surface area contributed by atoms with Crippen LogP contribution < -0.4 is 5.32 Å². The largest absolute Gasteiger partial charge is 0.361 e. The molecule has 1 amide bonds. The first kappa shape index (κ1) is 17.9. The summed E-state index contributed by atoms with van der Waals surface area (Å²) in [6.07, 6.45) is 4.58. The van der Waals surface area contributed by atoms with Crippen molar-refractivity contribution in [3.8, 4) is 0 Å². The molecule has 2 aromatic carbocycles. The first-order valence-corrected chi connectivity index (χ1v) is 10.1. The molecule has 0 saturated heterocycles. The maximum absolute atomic E-state index is 13.0. The number of halogens is 1. The van der Waals surface area contributed by atoms with Gasteiger partial charge in [-0.1, -0.05) is 41.9 Å². The van der Waals surface area contributed by atoms with E-state index in [9.17, 15) is 4.79 Å². The molecule has 0 aliphatic carbocycles. The standard InChI is InChI=1S/C22H20ClN5O/c23-17-8-3-1-7-16(17)22(29)25-19(21-27-26-20-10-5-11-28(20)21)12-14-13-24-18-9-4-2-6-15(14)18/h1-4,6-9,13,19,24H,5,10-12H2,(H,25,29). The van der Waals surface area contributed by atoms with Crippen LogP contribution >= 0.6 is 11.6 Å². The molecular formula is C22H20ClN5O. The lowest BCUT2D eigenvalue weighted by atomic mass is 10.0. The highest BCUT2D eigenvalue weighted by molar-refractivity contribution is 6.33. The van der Waals surface area contributed by atoms with Gasteiger partial charge in [0.2, 0.25) is 0 Å². The zero-order valence-corrected chi connectivity index (χ0v) is 16.5. The van der Waals surface area contributed by atoms with Gasteiger partial charge in [0.1, 0.15) is 5.82 Å². The molecular weight excluding hydrogens is 386 g/mol. The second-order valence-corrected chi connectivity index (χ2v) is 7.71. The van der Waals surface area contributed by atoms with Crippen LogP contribution in [0.3, 0.4) is 0 Å². The van der Waals surface area contributed by atoms with Gasteiger partial charge in [0.05, 0.1) is 16.6 Å². The van der Waals surface area contributed by atoms with Crippen LogP contribution in [0.15, 0.2) is 54.7 Å². The van der Waals surface area contributed by atoms with Crippen molar-refractivity contribution in [2.24, 2.45) is 0 Å². The number of hydrogen-bond donors (Lipinski definition) is 2. The third-order valence-corrected chi connectivity index (χ3v) is 5.80. The zero-order valence-electron chi connectivity index (χ0n) is 15.7. The predicted octanol–water partition coefficient (Wildman–Crippen LogP) is 4.07. The van der Waals surface area contributed by atoms with E-state index >= 15 is 0 Å². The molecule has 2 aromatic heterocycles. The van der Waals surface area contributed by atoms with E-state index in [-0.39, 0.29) is 11.9 Å². The lowest BCUT2D eigenvalue weighted by Crippen LogP contribution is -2.32. The van der Waals surface area contributed by atoms with Crippen molar-refractivity contribution in [1.82, 2.24) is 25.1 Å². The molecule has 4 aromatic rings. The number of aryl methyl sites for hydroxylation is 1. The van der Waals surface area contributed by atoms with Crippen LogP contribution in [0.5, 0.6) is 0 Å². The van der Waals surface area contributed by atoms with Gasteiger partial charge < -0.3 is 14.9 Å². The molecule has 0 radical (unpaired) electrons. The fourth-order valence-electron chi connectivity index (χ4n) is 4.04. The van der Waals surface area contributed by atoms with Crippen molar-refractivity contribution in [3.63, 3.8) is 0 Å². The van der Waals surface area contributed by atoms with E-state index in [0.29, 0.717) is 17.0 Å². The summed E-state index contributed by atoms with van der Waals surface area (Å²) in [7, 11) is 0. The van der Waals surface area contributed by atoms with Gasteiger partial charge in [-0.2, -0.15) is 0 Å². The first-order chi connectivity index (χ1) is 14.2. The summed E-state index contributed by atoms with van der Waals surface area (Å²) in [4.78, 5) is 16.3. The number of carbonyl (C=O) groups excluding carboxylic acids is 1. The Hall–Kier alpha value is -3.12. The second-order valence-electron chi connectivity index (χ2n) is 7.30. The van der Waals surface area contributed by atoms with Crippen molar-refractivity contribution in [2.45, 2.75) is 31.8 Å². The molecule has 1 aliphatic heterocycles. The van der Waals surface area contributed by atoms with Gasteiger partial charge in [0.25, 0.3) is 5.91 Å². The number of amides is 1. The molecule has 0 spiro atoms. The Balaban J connectivity index is 1.51. The summed E-state index contributed by atoms with van der Waals surface area (Å²) in [5, 5.41) is 13.5. The number of fused-ring (bicyclic) bond motifs is 2. The maximum atomic E-state index is 13.0. The molecule has 0 fully saturated rings. The molecule has 0 bridgehead atoms. The molecule has 29 heavy (non-hydrogen) atoms. The highest BCUT2D eigenvalue weighted by Gasteiger charge is 2.27. The Labute approximate surface area is 172 Å². The van der Waals surface area contributed by atoms with Gasteiger partial charge in [0, 0.05) is 36.5 Å². The Morgan fingerprint density at radius 1 is 1.17 bits per heavy atom. The van der Waals surface area contributed by atoms with E-state index in [2.05, 4.69) is 31.1 Å². The summed E-state index contributed by atoms with van der Waals surface area (Å²) >= 11 is 6.24. The molecule has 5 rings (SSSR count). The lowest BCUT2D eigenvalue weighted by Gasteiger charge is -2.19. The molecule has 2 N–H and O–H groups in total. The van der Waals surface area contributed by atoms with Crippen molar-refractivity contribution >= 4 is 28.4 Å². The molecule has 3 heterocycles. The maximum Gasteiger partial charge on any atom is 0.253 e. The number of nitrogens with one attached hydrogen (secondary N) is 2. The van der Waals surface area contributed by atoms with Crippen LogP contribution in [0, 0.1) is 0 Å². The van der Waals surface area contributed by atoms with E-state index in [1.165, 1.54) is 0 Å². The summed E-state index contributed by atoms with van der Waals surface area (Å²) in [6, 6.07) is 14.9. The smallest absolute Gasteiger partial charge is 0.253 e. The summed E-state index contributed by atoms with van der Waals surface area (Å²) in [5.41, 5.74) is 2.66. The van der Waals surface area contributed by atoms with Gasteiger partial charge in [-0.05, 0) is 30.2 Å². The highest BCUT2D eigenvalue weighted by Crippen LogP contribution is 2.27. The Kier molecular flexibility index (Phi) is 4.56. The molecule has 1 unspecified atom stereocenters. The van der Waals surface area contributed by atoms with E-state index in [0.717, 1.165) is 47.5 Å². The average Bonchev–Trinajstić information content (AvgIpc) is 3.44. The van der Waals surface area contributed by atoms with Crippen LogP contribution in [0.25, 0.3) is 10.9 Å². The van der Waals surface area contributed by atoms with Crippen LogP contribution in [0.4, 0.5) is 0 Å². The van der Waals surface area contributed by atoms with Crippen molar-refractivity contribution in [2.75, 3.05) is 0 Å². The predicted molar refractivity (Wildman–Crippen MR) is 112 cm³/mol. The third-order valence-electron chi connectivity index (χ3n) is 5.47. The number of carbonyl (C=O) groups is 1. The van der Waals surface area contributed by atoms with Crippen LogP contribution in [0.1, 0.15) is 40.0 Å². The van der Waals surface area contributed by atoms with Crippen molar-refractivity contribution in [1.29, 1.82) is 0 Å². The van der Waals surface area contributed by atoms with E-state index < -0.39 is 0 Å². The SMILES string of the molecule is O=C(NC(Cc1c[nH]c2ccccc12)c1nnc2n1CCC2)c1ccccc1Cl. The van der Waals surface area contributed by atoms with Gasteiger partial charge in [-0.15, -0.1) is 10.2 Å². The first-order valence-electron chi connectivity index (χ1n) is 9.73. The van der Waals surface area contributed by atoms with E-state index in [1.807, 2.05) is 36.5 Å². The number of aromatic nitrogens is 4. The molecule has 1 aliphatic rings. The molecule has 0 saturated carbocycles. The minimum atomic E-state index is -0.308. The fourth-order valence-corrected chi connectivity index (χ4v) is 4.26. The summed E-state index contributed by atoms with van der Waals surface area (Å²) in [5.74, 6) is 1.56. The number of para-hydroxylation sites is 1. The molecule has 1 atom stereocenters. The summed E-state index contributed by atoms with van der Waals surface area (Å²) < 4.78 is 2.13. The number of H-pyrrole nitrogens is 1. The minimum absolute atomic E-state index is 0.212. The average molecular weight is 406 g/mol. The monoisotopic (exact) mass is 405 g/mol. The molecule has 7 heteroatoms. The quantitative estimate of drug-likeness (QED) is 0.525. The Morgan fingerprint density at radius 3 is 2.90 bits per heavy atom. The van der Waals surface area contributed by atoms with Gasteiger partial charge in [-0.3, -0.25) is 4.79 Å². The number of nitrogens with zero attached hydrogens (tertiary/aromatic N) is 3. The Morgan fingerprint density at radius 2 is 2.00 bits per heavy atom. The highest BCUT2D eigenvalue weighted by atomic mass is 35.5. The van der Waals surface area contributed by atoms with Gasteiger partial charge >= 0.3 is 0 Å². The lowest BCUT2D eigenvalue weighted by molar-refractivity contribution is 0.0934. The zero-order chi connectivity index (χ0) is 19.8. The normalized spacial score (nSPS) is 14.1. The van der Waals surface area contributed by atoms with E-state index in [4.69, 9.17) is 11.6 Å². The van der Waals surface area contributed by atoms with Gasteiger partial charge in [0.15, 0.2) is 5.82 Å². The topological polar surface area (TPSA) is 75.6 Å². The van der Waals surface area contributed by atoms with Crippen molar-refractivity contribution < 1.29 is 4.79 Å². The second kappa shape index (κ2) is 7.37. The minimum Gasteiger partial charge on any atom is -0.361 e. The number of rotatable bonds is 5. The number of aromatic amines is 1. The van der Waals surface area contributed by atoms with Crippen molar-refractivity contribution in [3.05, 3.63) is 82.5 Å². The number of benzene rings is 2. The van der Waals surface area contributed by atoms with Crippen LogP contribution in [0.2, 0.25) is 5.02 Å². The number of hydrogen-bond acceptors (Lipinski definition) is 3.